The lowest BCUT2D eigenvalue weighted by atomic mass is 10.1. The van der Waals surface area contributed by atoms with Gasteiger partial charge in [-0.2, -0.15) is 0 Å². The number of rotatable bonds is 6. The average molecular weight is 264 g/mol. The van der Waals surface area contributed by atoms with Crippen molar-refractivity contribution in [3.05, 3.63) is 0 Å². The fourth-order valence-corrected chi connectivity index (χ4v) is 0.673. The summed E-state index contributed by atoms with van der Waals surface area (Å²) < 4.78 is 0. The highest BCUT2D eigenvalue weighted by molar-refractivity contribution is 5.81. The maximum Gasteiger partial charge on any atom is 0.322 e. The van der Waals surface area contributed by atoms with Gasteiger partial charge in [0.15, 0.2) is 0 Å². The number of carboxylic acid groups (broad SMARTS) is 3. The van der Waals surface area contributed by atoms with Crippen LogP contribution in [0.15, 0.2) is 0 Å². The minimum absolute atomic E-state index is 0.0131. The standard InChI is InChI=1S/C7H12N2O5.C2H4O2/c8-4(7(13)14)1-2-5(10)9-3-6(11)12;1-2(3)4/h4H,1-3,8H2,(H,9,10)(H,11,12)(H,13,14);1H3,(H,3,4). The summed E-state index contributed by atoms with van der Waals surface area (Å²) in [6, 6.07) is -1.09. The molecule has 0 aromatic rings. The van der Waals surface area contributed by atoms with E-state index in [1.165, 1.54) is 0 Å². The Bertz CT molecular complexity index is 312. The van der Waals surface area contributed by atoms with Gasteiger partial charge < -0.3 is 26.4 Å². The molecule has 0 aliphatic carbocycles. The third kappa shape index (κ3) is 16.3. The second-order valence-electron chi connectivity index (χ2n) is 3.17. The van der Waals surface area contributed by atoms with Crippen LogP contribution in [0, 0.1) is 0 Å². The molecule has 9 heteroatoms. The Morgan fingerprint density at radius 3 is 1.94 bits per heavy atom. The van der Waals surface area contributed by atoms with Crippen molar-refractivity contribution in [2.24, 2.45) is 5.73 Å². The number of hydrogen-bond donors (Lipinski definition) is 5. The van der Waals surface area contributed by atoms with E-state index in [4.69, 9.17) is 25.8 Å². The Morgan fingerprint density at radius 2 is 1.61 bits per heavy atom. The van der Waals surface area contributed by atoms with Crippen molar-refractivity contribution < 1.29 is 34.5 Å². The van der Waals surface area contributed by atoms with Crippen LogP contribution in [-0.2, 0) is 19.2 Å². The molecule has 0 aromatic heterocycles. The first-order chi connectivity index (χ1) is 8.16. The van der Waals surface area contributed by atoms with Crippen molar-refractivity contribution in [3.8, 4) is 0 Å². The number of amides is 1. The van der Waals surface area contributed by atoms with Gasteiger partial charge in [0.25, 0.3) is 5.97 Å². The van der Waals surface area contributed by atoms with Gasteiger partial charge in [0.2, 0.25) is 5.91 Å². The largest absolute Gasteiger partial charge is 0.481 e. The predicted molar refractivity (Wildman–Crippen MR) is 58.8 cm³/mol. The first-order valence-electron chi connectivity index (χ1n) is 4.83. The zero-order valence-corrected chi connectivity index (χ0v) is 9.75. The van der Waals surface area contributed by atoms with Gasteiger partial charge in [-0.25, -0.2) is 0 Å². The van der Waals surface area contributed by atoms with E-state index in [0.717, 1.165) is 6.92 Å². The lowest BCUT2D eigenvalue weighted by molar-refractivity contribution is -0.140. The van der Waals surface area contributed by atoms with Crippen molar-refractivity contribution in [2.75, 3.05) is 6.54 Å². The molecule has 0 aliphatic rings. The summed E-state index contributed by atoms with van der Waals surface area (Å²) in [7, 11) is 0. The Hall–Kier alpha value is -2.16. The molecule has 1 atom stereocenters. The van der Waals surface area contributed by atoms with Crippen LogP contribution in [0.4, 0.5) is 0 Å². The molecule has 0 aliphatic heterocycles. The van der Waals surface area contributed by atoms with Crippen LogP contribution < -0.4 is 11.1 Å². The molecule has 0 heterocycles. The summed E-state index contributed by atoms with van der Waals surface area (Å²) in [6.07, 6.45) is -0.110. The summed E-state index contributed by atoms with van der Waals surface area (Å²) >= 11 is 0. The Morgan fingerprint density at radius 1 is 1.17 bits per heavy atom. The maximum absolute atomic E-state index is 10.9. The zero-order valence-electron chi connectivity index (χ0n) is 9.75. The molecule has 1 amide bonds. The van der Waals surface area contributed by atoms with E-state index in [9.17, 15) is 14.4 Å². The minimum atomic E-state index is -1.18. The van der Waals surface area contributed by atoms with Crippen molar-refractivity contribution in [1.29, 1.82) is 0 Å². The van der Waals surface area contributed by atoms with E-state index in [2.05, 4.69) is 5.32 Å². The van der Waals surface area contributed by atoms with Crippen LogP contribution in [0.2, 0.25) is 0 Å². The van der Waals surface area contributed by atoms with Gasteiger partial charge >= 0.3 is 11.9 Å². The van der Waals surface area contributed by atoms with Gasteiger partial charge in [-0.3, -0.25) is 19.2 Å². The summed E-state index contributed by atoms with van der Waals surface area (Å²) in [4.78, 5) is 40.1. The molecule has 0 saturated heterocycles. The number of nitrogens with two attached hydrogens (primary N) is 1. The summed E-state index contributed by atoms with van der Waals surface area (Å²) in [6.45, 7) is 0.612. The normalized spacial score (nSPS) is 10.6. The second kappa shape index (κ2) is 10.0. The lowest BCUT2D eigenvalue weighted by Gasteiger charge is -2.05. The molecule has 0 radical (unpaired) electrons. The first kappa shape index (κ1) is 18.2. The summed E-state index contributed by atoms with van der Waals surface area (Å²) in [5.41, 5.74) is 5.12. The van der Waals surface area contributed by atoms with Gasteiger partial charge in [-0.1, -0.05) is 0 Å². The zero-order chi connectivity index (χ0) is 14.7. The first-order valence-corrected chi connectivity index (χ1v) is 4.83. The highest BCUT2D eigenvalue weighted by Gasteiger charge is 2.13. The highest BCUT2D eigenvalue weighted by Crippen LogP contribution is 1.94. The molecule has 9 nitrogen and oxygen atoms in total. The van der Waals surface area contributed by atoms with Crippen LogP contribution in [0.5, 0.6) is 0 Å². The van der Waals surface area contributed by atoms with Crippen molar-refractivity contribution in [3.63, 3.8) is 0 Å². The molecular formula is C9H16N2O7. The van der Waals surface area contributed by atoms with Gasteiger partial charge in [0, 0.05) is 13.3 Å². The fraction of sp³-hybridized carbons (Fsp3) is 0.556. The molecule has 0 aromatic carbocycles. The molecule has 6 N–H and O–H groups in total. The van der Waals surface area contributed by atoms with Crippen LogP contribution in [0.1, 0.15) is 19.8 Å². The highest BCUT2D eigenvalue weighted by atomic mass is 16.4. The van der Waals surface area contributed by atoms with E-state index >= 15 is 0 Å². The predicted octanol–water partition coefficient (Wildman–Crippen LogP) is -1.53. The number of hydrogen-bond acceptors (Lipinski definition) is 5. The van der Waals surface area contributed by atoms with E-state index in [0.29, 0.717) is 0 Å². The van der Waals surface area contributed by atoms with Crippen LogP contribution in [-0.4, -0.2) is 51.7 Å². The van der Waals surface area contributed by atoms with Crippen molar-refractivity contribution in [2.45, 2.75) is 25.8 Å². The van der Waals surface area contributed by atoms with Gasteiger partial charge in [0.1, 0.15) is 12.6 Å². The number of carbonyl (C=O) groups is 4. The smallest absolute Gasteiger partial charge is 0.322 e. The molecular weight excluding hydrogens is 248 g/mol. The Kier molecular flexibility index (Phi) is 10.1. The lowest BCUT2D eigenvalue weighted by Crippen LogP contribution is -2.34. The molecule has 18 heavy (non-hydrogen) atoms. The second-order valence-corrected chi connectivity index (χ2v) is 3.17. The molecule has 1 unspecified atom stereocenters. The van der Waals surface area contributed by atoms with Gasteiger partial charge in [0.05, 0.1) is 0 Å². The van der Waals surface area contributed by atoms with Crippen LogP contribution in [0.3, 0.4) is 0 Å². The number of nitrogens with one attached hydrogen (secondary N) is 1. The number of carboxylic acids is 3. The van der Waals surface area contributed by atoms with Gasteiger partial charge in [-0.05, 0) is 6.42 Å². The molecule has 0 fully saturated rings. The fourth-order valence-electron chi connectivity index (χ4n) is 0.673. The minimum Gasteiger partial charge on any atom is -0.481 e. The topological polar surface area (TPSA) is 167 Å². The van der Waals surface area contributed by atoms with Gasteiger partial charge in [-0.15, -0.1) is 0 Å². The third-order valence-electron chi connectivity index (χ3n) is 1.44. The van der Waals surface area contributed by atoms with Crippen molar-refractivity contribution >= 4 is 23.8 Å². The molecule has 0 saturated carbocycles. The van der Waals surface area contributed by atoms with E-state index < -0.39 is 36.4 Å². The quantitative estimate of drug-likeness (QED) is 0.385. The monoisotopic (exact) mass is 264 g/mol. The maximum atomic E-state index is 10.9. The van der Waals surface area contributed by atoms with Crippen molar-refractivity contribution in [1.82, 2.24) is 5.32 Å². The summed E-state index contributed by atoms with van der Waals surface area (Å²) in [5.74, 6) is -3.69. The van der Waals surface area contributed by atoms with Crippen LogP contribution in [0.25, 0.3) is 0 Å². The van der Waals surface area contributed by atoms with Crippen LogP contribution >= 0.6 is 0 Å². The van der Waals surface area contributed by atoms with E-state index in [1.54, 1.807) is 0 Å². The molecule has 0 rings (SSSR count). The van der Waals surface area contributed by atoms with E-state index in [1.807, 2.05) is 0 Å². The number of carbonyl (C=O) groups excluding carboxylic acids is 1. The Labute approximate surface area is 103 Å². The number of aliphatic carboxylic acids is 3. The summed E-state index contributed by atoms with van der Waals surface area (Å²) in [5, 5.41) is 26.1. The molecule has 104 valence electrons. The third-order valence-corrected chi connectivity index (χ3v) is 1.44. The Balaban J connectivity index is 0. The average Bonchev–Trinajstić information content (AvgIpc) is 2.21. The van der Waals surface area contributed by atoms with E-state index in [-0.39, 0.29) is 12.8 Å². The molecule has 0 bridgehead atoms. The molecule has 0 spiro atoms. The SMILES string of the molecule is CC(=O)O.NC(CCC(=O)NCC(=O)O)C(=O)O.